The highest BCUT2D eigenvalue weighted by Gasteiger charge is 2.33. The number of nitriles is 1. The largest absolute Gasteiger partial charge is 0.465 e. The van der Waals surface area contributed by atoms with E-state index in [2.05, 4.69) is 22.0 Å². The van der Waals surface area contributed by atoms with Crippen molar-refractivity contribution < 1.29 is 19.4 Å². The van der Waals surface area contributed by atoms with E-state index in [0.29, 0.717) is 37.2 Å². The number of nitrogens with zero attached hydrogens (tertiary/aromatic N) is 1. The normalized spacial score (nSPS) is 17.5. The molecule has 0 radical (unpaired) electrons. The minimum atomic E-state index is -1.28. The number of ether oxygens (including phenoxy) is 1. The molecular weight excluding hydrogens is 584 g/mol. The third-order valence-corrected chi connectivity index (χ3v) is 8.67. The van der Waals surface area contributed by atoms with Crippen LogP contribution in [0.1, 0.15) is 45.4 Å². The third-order valence-electron chi connectivity index (χ3n) is 8.04. The van der Waals surface area contributed by atoms with E-state index in [0.717, 1.165) is 22.3 Å². The molecule has 1 aliphatic rings. The van der Waals surface area contributed by atoms with Gasteiger partial charge in [-0.05, 0) is 53.3 Å². The average molecular weight is 621 g/mol. The fourth-order valence-corrected chi connectivity index (χ4v) is 6.12. The Balaban J connectivity index is 1.29. The van der Waals surface area contributed by atoms with Crippen molar-refractivity contribution in [3.63, 3.8) is 0 Å². The molecule has 230 valence electrons. The molecule has 1 unspecified atom stereocenters. The van der Waals surface area contributed by atoms with Crippen LogP contribution in [0, 0.1) is 11.3 Å². The van der Waals surface area contributed by atoms with Crippen LogP contribution in [-0.4, -0.2) is 48.4 Å². The maximum atomic E-state index is 13.9. The van der Waals surface area contributed by atoms with Gasteiger partial charge in [0.1, 0.15) is 6.04 Å². The van der Waals surface area contributed by atoms with Crippen LogP contribution in [0.15, 0.2) is 109 Å². The lowest BCUT2D eigenvalue weighted by atomic mass is 9.84. The predicted octanol–water partition coefficient (Wildman–Crippen LogP) is 5.93. The number of thiol groups is 1. The Kier molecular flexibility index (Phi) is 10.9. The van der Waals surface area contributed by atoms with Gasteiger partial charge in [-0.2, -0.15) is 17.9 Å². The van der Waals surface area contributed by atoms with Crippen LogP contribution in [0.3, 0.4) is 0 Å². The number of aryl methyl sites for hydroxylation is 1. The molecule has 2 amide bonds. The molecule has 45 heavy (non-hydrogen) atoms. The number of amides is 2. The van der Waals surface area contributed by atoms with E-state index in [4.69, 9.17) is 22.6 Å². The number of rotatable bonds is 11. The smallest absolute Gasteiger partial charge is 0.405 e. The Labute approximate surface area is 268 Å². The predicted molar refractivity (Wildman–Crippen MR) is 177 cm³/mol. The second-order valence-electron chi connectivity index (χ2n) is 11.0. The first-order chi connectivity index (χ1) is 21.9. The third kappa shape index (κ3) is 8.31. The Morgan fingerprint density at radius 3 is 2.13 bits per heavy atom. The number of carboxylic acid groups (broad SMARTS) is 1. The maximum Gasteiger partial charge on any atom is 0.405 e. The maximum absolute atomic E-state index is 13.9. The molecule has 1 fully saturated rings. The van der Waals surface area contributed by atoms with Crippen LogP contribution in [0.25, 0.3) is 0 Å². The monoisotopic (exact) mass is 620 g/mol. The van der Waals surface area contributed by atoms with E-state index in [-0.39, 0.29) is 17.5 Å². The van der Waals surface area contributed by atoms with E-state index in [9.17, 15) is 14.7 Å². The van der Waals surface area contributed by atoms with Crippen molar-refractivity contribution in [2.24, 2.45) is 0 Å². The highest BCUT2D eigenvalue weighted by atomic mass is 32.1. The number of carbonyl (C=O) groups excluding carboxylic acids is 1. The van der Waals surface area contributed by atoms with Crippen molar-refractivity contribution >= 4 is 30.3 Å². The van der Waals surface area contributed by atoms with Crippen molar-refractivity contribution in [3.8, 4) is 6.07 Å². The molecule has 0 saturated carbocycles. The number of hydrogen-bond acceptors (Lipinski definition) is 6. The van der Waals surface area contributed by atoms with Gasteiger partial charge in [0.05, 0.1) is 29.1 Å². The summed E-state index contributed by atoms with van der Waals surface area (Å²) in [5.74, 6) is -0.988. The minimum absolute atomic E-state index is 0.0671. The van der Waals surface area contributed by atoms with Crippen LogP contribution in [0.5, 0.6) is 0 Å². The number of morpholine rings is 1. The number of hydrogen-bond donors (Lipinski definition) is 5. The van der Waals surface area contributed by atoms with E-state index in [1.165, 1.54) is 0 Å². The highest BCUT2D eigenvalue weighted by molar-refractivity contribution is 7.80. The van der Waals surface area contributed by atoms with Crippen LogP contribution in [-0.2, 0) is 16.0 Å². The van der Waals surface area contributed by atoms with Gasteiger partial charge in [-0.25, -0.2) is 4.79 Å². The molecule has 0 spiro atoms. The standard InChI is InChI=1S/C36H36N4O4S/c37-21-24-15-17-28(18-16-24)34(45)31-23-38-22-29(44-31)20-19-25-9-7-8-14-30(25)39-35(41)33(40-36(42)43)32(26-10-3-1-4-11-26)27-12-5-2-6-13-27/h1-18,29,31-34,38,40,45H,19-20,22-23H2,(H,39,41)(H,42,43)/t29-,31+,33+,34?/m1/s1. The van der Waals surface area contributed by atoms with E-state index in [1.807, 2.05) is 97.1 Å². The molecule has 0 aromatic heterocycles. The fourth-order valence-electron chi connectivity index (χ4n) is 5.77. The molecule has 8 nitrogen and oxygen atoms in total. The molecule has 4 aromatic rings. The summed E-state index contributed by atoms with van der Waals surface area (Å²) in [5, 5.41) is 27.7. The van der Waals surface area contributed by atoms with Crippen LogP contribution >= 0.6 is 12.6 Å². The zero-order chi connectivity index (χ0) is 31.6. The number of nitrogens with one attached hydrogen (secondary N) is 3. The Bertz CT molecular complexity index is 1570. The lowest BCUT2D eigenvalue weighted by molar-refractivity contribution is -0.118. The van der Waals surface area contributed by atoms with Gasteiger partial charge >= 0.3 is 6.09 Å². The molecule has 1 heterocycles. The number of anilines is 1. The summed E-state index contributed by atoms with van der Waals surface area (Å²) < 4.78 is 6.45. The Hall–Kier alpha value is -4.62. The van der Waals surface area contributed by atoms with Crippen molar-refractivity contribution in [1.29, 1.82) is 5.26 Å². The van der Waals surface area contributed by atoms with E-state index < -0.39 is 24.0 Å². The van der Waals surface area contributed by atoms with Gasteiger partial charge in [0.15, 0.2) is 0 Å². The summed E-state index contributed by atoms with van der Waals surface area (Å²) >= 11 is 4.83. The molecule has 0 bridgehead atoms. The van der Waals surface area contributed by atoms with E-state index >= 15 is 0 Å². The summed E-state index contributed by atoms with van der Waals surface area (Å²) in [6, 6.07) is 34.9. The lowest BCUT2D eigenvalue weighted by Gasteiger charge is -2.34. The second kappa shape index (κ2) is 15.4. The molecular formula is C36H36N4O4S. The summed E-state index contributed by atoms with van der Waals surface area (Å²) in [7, 11) is 0. The molecule has 4 atom stereocenters. The SMILES string of the molecule is N#Cc1ccc(C(S)[C@@H]2CNC[C@@H](CCc3ccccc3NC(=O)[C@@H](NC(=O)O)C(c3ccccc3)c3ccccc3)O2)cc1. The zero-order valence-electron chi connectivity index (χ0n) is 24.7. The minimum Gasteiger partial charge on any atom is -0.465 e. The zero-order valence-corrected chi connectivity index (χ0v) is 25.6. The first-order valence-electron chi connectivity index (χ1n) is 15.0. The first-order valence-corrected chi connectivity index (χ1v) is 15.5. The number of carbonyl (C=O) groups is 2. The highest BCUT2D eigenvalue weighted by Crippen LogP contribution is 2.31. The van der Waals surface area contributed by atoms with Gasteiger partial charge in [0.2, 0.25) is 5.91 Å². The molecule has 5 rings (SSSR count). The Morgan fingerprint density at radius 2 is 1.51 bits per heavy atom. The average Bonchev–Trinajstić information content (AvgIpc) is 3.08. The molecule has 4 N–H and O–H groups in total. The van der Waals surface area contributed by atoms with Crippen molar-refractivity contribution in [2.75, 3.05) is 18.4 Å². The van der Waals surface area contributed by atoms with Gasteiger partial charge in [-0.1, -0.05) is 91.0 Å². The summed E-state index contributed by atoms with van der Waals surface area (Å²) in [5.41, 5.74) is 4.80. The fraction of sp³-hybridized carbons (Fsp3) is 0.250. The van der Waals surface area contributed by atoms with E-state index in [1.54, 1.807) is 12.1 Å². The first kappa shape index (κ1) is 31.8. The van der Waals surface area contributed by atoms with Crippen molar-refractivity contribution in [2.45, 2.75) is 42.3 Å². The van der Waals surface area contributed by atoms with Gasteiger partial charge in [0, 0.05) is 24.7 Å². The van der Waals surface area contributed by atoms with Crippen LogP contribution in [0.4, 0.5) is 10.5 Å². The lowest BCUT2D eigenvalue weighted by Crippen LogP contribution is -2.47. The van der Waals surface area contributed by atoms with Crippen molar-refractivity contribution in [3.05, 3.63) is 137 Å². The Morgan fingerprint density at radius 1 is 0.889 bits per heavy atom. The molecule has 0 aliphatic carbocycles. The summed E-state index contributed by atoms with van der Waals surface area (Å²) in [4.78, 5) is 25.8. The molecule has 1 aliphatic heterocycles. The quantitative estimate of drug-likeness (QED) is 0.133. The summed E-state index contributed by atoms with van der Waals surface area (Å²) in [6.07, 6.45) is -0.146. The van der Waals surface area contributed by atoms with Gasteiger partial charge < -0.3 is 25.8 Å². The van der Waals surface area contributed by atoms with Gasteiger partial charge in [-0.15, -0.1) is 0 Å². The molecule has 9 heteroatoms. The number of benzene rings is 4. The summed E-state index contributed by atoms with van der Waals surface area (Å²) in [6.45, 7) is 1.36. The van der Waals surface area contributed by atoms with Crippen LogP contribution in [0.2, 0.25) is 0 Å². The second-order valence-corrected chi connectivity index (χ2v) is 11.6. The van der Waals surface area contributed by atoms with Gasteiger partial charge in [-0.3, -0.25) is 4.79 Å². The number of para-hydroxylation sites is 1. The van der Waals surface area contributed by atoms with Crippen LogP contribution < -0.4 is 16.0 Å². The van der Waals surface area contributed by atoms with Gasteiger partial charge in [0.25, 0.3) is 0 Å². The molecule has 1 saturated heterocycles. The molecule has 4 aromatic carbocycles. The van der Waals surface area contributed by atoms with Crippen molar-refractivity contribution in [1.82, 2.24) is 10.6 Å². The topological polar surface area (TPSA) is 123 Å².